The summed E-state index contributed by atoms with van der Waals surface area (Å²) in [6, 6.07) is 3.71. The van der Waals surface area contributed by atoms with Crippen LogP contribution in [0.5, 0.6) is 0 Å². The van der Waals surface area contributed by atoms with E-state index in [-0.39, 0.29) is 0 Å². The van der Waals surface area contributed by atoms with Crippen molar-refractivity contribution >= 4 is 44.6 Å². The third kappa shape index (κ3) is 1.87. The van der Waals surface area contributed by atoms with E-state index in [0.717, 1.165) is 26.7 Å². The molecule has 1 aromatic heterocycles. The average molecular weight is 260 g/mol. The fraction of sp³-hybridized carbons (Fsp3) is 0.273. The maximum absolute atomic E-state index is 6.18. The average Bonchev–Trinajstić information content (AvgIpc) is 2.53. The minimum atomic E-state index is 0.782. The SMILES string of the molecule is CNCc1sc2c(Cl)ccc(Cl)c2c1C. The highest BCUT2D eigenvalue weighted by molar-refractivity contribution is 7.20. The van der Waals surface area contributed by atoms with Gasteiger partial charge in [0.15, 0.2) is 0 Å². The second-order valence-electron chi connectivity index (χ2n) is 3.41. The van der Waals surface area contributed by atoms with E-state index in [0.29, 0.717) is 0 Å². The van der Waals surface area contributed by atoms with E-state index in [1.807, 2.05) is 19.2 Å². The molecule has 1 nitrogen and oxygen atoms in total. The van der Waals surface area contributed by atoms with Gasteiger partial charge in [-0.2, -0.15) is 0 Å². The van der Waals surface area contributed by atoms with Gasteiger partial charge in [0.1, 0.15) is 0 Å². The van der Waals surface area contributed by atoms with E-state index in [1.165, 1.54) is 10.4 Å². The zero-order valence-corrected chi connectivity index (χ0v) is 10.9. The Kier molecular flexibility index (Phi) is 3.21. The Morgan fingerprint density at radius 3 is 2.53 bits per heavy atom. The fourth-order valence-corrected chi connectivity index (χ4v) is 3.53. The molecule has 15 heavy (non-hydrogen) atoms. The second-order valence-corrected chi connectivity index (χ2v) is 5.33. The van der Waals surface area contributed by atoms with Gasteiger partial charge in [0.25, 0.3) is 0 Å². The standard InChI is InChI=1S/C11H11Cl2NS/c1-6-9(5-14-2)15-11-8(13)4-3-7(12)10(6)11/h3-4,14H,5H2,1-2H3. The predicted octanol–water partition coefficient (Wildman–Crippen LogP) is 4.24. The van der Waals surface area contributed by atoms with Crippen molar-refractivity contribution in [2.24, 2.45) is 0 Å². The Morgan fingerprint density at radius 1 is 1.27 bits per heavy atom. The van der Waals surface area contributed by atoms with Gasteiger partial charge in [0, 0.05) is 21.8 Å². The molecule has 1 N–H and O–H groups in total. The number of hydrogen-bond donors (Lipinski definition) is 1. The van der Waals surface area contributed by atoms with Gasteiger partial charge in [0.05, 0.1) is 9.72 Å². The lowest BCUT2D eigenvalue weighted by Gasteiger charge is -1.98. The van der Waals surface area contributed by atoms with Crippen LogP contribution in [0.4, 0.5) is 0 Å². The number of rotatable bonds is 2. The number of nitrogens with one attached hydrogen (secondary N) is 1. The molecule has 0 unspecified atom stereocenters. The maximum atomic E-state index is 6.18. The van der Waals surface area contributed by atoms with Gasteiger partial charge in [-0.1, -0.05) is 23.2 Å². The molecule has 0 fully saturated rings. The molecule has 80 valence electrons. The van der Waals surface area contributed by atoms with Crippen LogP contribution < -0.4 is 5.32 Å². The molecule has 1 heterocycles. The van der Waals surface area contributed by atoms with Crippen LogP contribution in [0.15, 0.2) is 12.1 Å². The van der Waals surface area contributed by atoms with E-state index in [4.69, 9.17) is 23.2 Å². The molecular formula is C11H11Cl2NS. The summed E-state index contributed by atoms with van der Waals surface area (Å²) in [4.78, 5) is 1.29. The van der Waals surface area contributed by atoms with Crippen LogP contribution in [0.1, 0.15) is 10.4 Å². The van der Waals surface area contributed by atoms with Gasteiger partial charge in [-0.3, -0.25) is 0 Å². The molecule has 0 aliphatic heterocycles. The van der Waals surface area contributed by atoms with Gasteiger partial charge in [-0.25, -0.2) is 0 Å². The first kappa shape index (κ1) is 11.2. The van der Waals surface area contributed by atoms with Crippen molar-refractivity contribution in [1.29, 1.82) is 0 Å². The van der Waals surface area contributed by atoms with Crippen LogP contribution in [0.25, 0.3) is 10.1 Å². The number of thiophene rings is 1. The number of halogens is 2. The molecule has 0 aliphatic rings. The highest BCUT2D eigenvalue weighted by atomic mass is 35.5. The number of benzene rings is 1. The largest absolute Gasteiger partial charge is 0.315 e. The van der Waals surface area contributed by atoms with Crippen LogP contribution in [0.3, 0.4) is 0 Å². The van der Waals surface area contributed by atoms with Crippen molar-refractivity contribution in [1.82, 2.24) is 5.32 Å². The second kappa shape index (κ2) is 4.30. The summed E-state index contributed by atoms with van der Waals surface area (Å²) in [6.07, 6.45) is 0. The highest BCUT2D eigenvalue weighted by Gasteiger charge is 2.12. The monoisotopic (exact) mass is 259 g/mol. The Hall–Kier alpha value is -0.280. The van der Waals surface area contributed by atoms with Crippen LogP contribution in [-0.4, -0.2) is 7.05 Å². The van der Waals surface area contributed by atoms with Crippen molar-refractivity contribution in [3.63, 3.8) is 0 Å². The molecule has 2 aromatic rings. The van der Waals surface area contributed by atoms with Gasteiger partial charge in [-0.05, 0) is 31.7 Å². The van der Waals surface area contributed by atoms with E-state index in [1.54, 1.807) is 11.3 Å². The van der Waals surface area contributed by atoms with Crippen LogP contribution in [0.2, 0.25) is 10.0 Å². The summed E-state index contributed by atoms with van der Waals surface area (Å²) < 4.78 is 1.09. The van der Waals surface area contributed by atoms with E-state index < -0.39 is 0 Å². The Bertz CT molecular complexity index is 505. The number of hydrogen-bond acceptors (Lipinski definition) is 2. The van der Waals surface area contributed by atoms with Crippen LogP contribution in [0, 0.1) is 6.92 Å². The van der Waals surface area contributed by atoms with Gasteiger partial charge in [0.2, 0.25) is 0 Å². The Morgan fingerprint density at radius 2 is 1.93 bits per heavy atom. The van der Waals surface area contributed by atoms with Crippen molar-refractivity contribution in [3.8, 4) is 0 Å². The number of fused-ring (bicyclic) bond motifs is 1. The Balaban J connectivity index is 2.75. The fourth-order valence-electron chi connectivity index (χ4n) is 1.65. The topological polar surface area (TPSA) is 12.0 Å². The molecule has 0 bridgehead atoms. The minimum Gasteiger partial charge on any atom is -0.315 e. The molecule has 0 atom stereocenters. The summed E-state index contributed by atoms with van der Waals surface area (Å²) >= 11 is 14.0. The summed E-state index contributed by atoms with van der Waals surface area (Å²) in [5, 5.41) is 5.81. The third-order valence-corrected chi connectivity index (χ3v) is 4.48. The van der Waals surface area contributed by atoms with Crippen LogP contribution in [-0.2, 0) is 6.54 Å². The highest BCUT2D eigenvalue weighted by Crippen LogP contribution is 2.39. The summed E-state index contributed by atoms with van der Waals surface area (Å²) in [5.41, 5.74) is 1.23. The molecule has 0 aliphatic carbocycles. The number of aryl methyl sites for hydroxylation is 1. The first-order valence-corrected chi connectivity index (χ1v) is 6.23. The van der Waals surface area contributed by atoms with Crippen molar-refractivity contribution in [2.75, 3.05) is 7.05 Å². The van der Waals surface area contributed by atoms with E-state index in [9.17, 15) is 0 Å². The molecule has 0 saturated heterocycles. The first-order valence-electron chi connectivity index (χ1n) is 4.65. The smallest absolute Gasteiger partial charge is 0.0585 e. The quantitative estimate of drug-likeness (QED) is 0.851. The molecule has 0 saturated carbocycles. The lowest BCUT2D eigenvalue weighted by atomic mass is 10.1. The van der Waals surface area contributed by atoms with Crippen LogP contribution >= 0.6 is 34.5 Å². The lowest BCUT2D eigenvalue weighted by Crippen LogP contribution is -2.03. The summed E-state index contributed by atoms with van der Waals surface area (Å²) in [5.74, 6) is 0. The summed E-state index contributed by atoms with van der Waals surface area (Å²) in [6.45, 7) is 2.95. The van der Waals surface area contributed by atoms with Crippen molar-refractivity contribution in [3.05, 3.63) is 32.6 Å². The van der Waals surface area contributed by atoms with Crippen molar-refractivity contribution in [2.45, 2.75) is 13.5 Å². The van der Waals surface area contributed by atoms with E-state index in [2.05, 4.69) is 12.2 Å². The third-order valence-electron chi connectivity index (χ3n) is 2.41. The Labute approximate surface area is 103 Å². The molecular weight excluding hydrogens is 249 g/mol. The van der Waals surface area contributed by atoms with Gasteiger partial charge >= 0.3 is 0 Å². The lowest BCUT2D eigenvalue weighted by molar-refractivity contribution is 0.827. The molecule has 0 spiro atoms. The molecule has 1 aromatic carbocycles. The normalized spacial score (nSPS) is 11.2. The van der Waals surface area contributed by atoms with E-state index >= 15 is 0 Å². The van der Waals surface area contributed by atoms with Gasteiger partial charge < -0.3 is 5.32 Å². The molecule has 4 heteroatoms. The molecule has 0 amide bonds. The van der Waals surface area contributed by atoms with Crippen molar-refractivity contribution < 1.29 is 0 Å². The molecule has 2 rings (SSSR count). The first-order chi connectivity index (χ1) is 7.15. The van der Waals surface area contributed by atoms with Gasteiger partial charge in [-0.15, -0.1) is 11.3 Å². The zero-order valence-electron chi connectivity index (χ0n) is 8.53. The zero-order chi connectivity index (χ0) is 11.0. The molecule has 0 radical (unpaired) electrons. The predicted molar refractivity (Wildman–Crippen MR) is 69.3 cm³/mol. The summed E-state index contributed by atoms with van der Waals surface area (Å²) in [7, 11) is 1.94. The minimum absolute atomic E-state index is 0.782. The maximum Gasteiger partial charge on any atom is 0.0585 e.